The second-order valence-electron chi connectivity index (χ2n) is 5.55. The van der Waals surface area contributed by atoms with Crippen molar-refractivity contribution in [3.05, 3.63) is 36.2 Å². The molecule has 0 spiro atoms. The molecule has 1 aromatic heterocycles. The Kier molecular flexibility index (Phi) is 5.21. The fourth-order valence-corrected chi connectivity index (χ4v) is 2.35. The highest BCUT2D eigenvalue weighted by molar-refractivity contribution is 5.93. The van der Waals surface area contributed by atoms with E-state index in [0.717, 1.165) is 30.1 Å². The zero-order chi connectivity index (χ0) is 14.8. The van der Waals surface area contributed by atoms with Crippen molar-refractivity contribution in [2.45, 2.75) is 13.8 Å². The van der Waals surface area contributed by atoms with Crippen molar-refractivity contribution in [3.63, 3.8) is 0 Å². The Morgan fingerprint density at radius 2 is 2.23 bits per heavy atom. The van der Waals surface area contributed by atoms with Crippen LogP contribution >= 0.6 is 12.4 Å². The van der Waals surface area contributed by atoms with Crippen molar-refractivity contribution in [1.82, 2.24) is 10.3 Å². The molecule has 1 amide bonds. The molecule has 0 saturated carbocycles. The minimum Gasteiger partial charge on any atom is -0.441 e. The summed E-state index contributed by atoms with van der Waals surface area (Å²) < 4.78 is 5.51. The number of benzene rings is 1. The number of carbonyl (C=O) groups is 1. The summed E-state index contributed by atoms with van der Waals surface area (Å²) >= 11 is 0. The van der Waals surface area contributed by atoms with Crippen molar-refractivity contribution in [2.24, 2.45) is 11.8 Å². The molecule has 0 radical (unpaired) electrons. The molecular weight excluding hydrogens is 302 g/mol. The molecule has 1 fully saturated rings. The average Bonchev–Trinajstić information content (AvgIpc) is 2.84. The van der Waals surface area contributed by atoms with Crippen molar-refractivity contribution < 1.29 is 9.21 Å². The molecule has 2 aromatic rings. The lowest BCUT2D eigenvalue weighted by Crippen LogP contribution is -2.48. The molecule has 1 aliphatic heterocycles. The van der Waals surface area contributed by atoms with Crippen LogP contribution in [0.1, 0.15) is 12.7 Å². The smallest absolute Gasteiger partial charge is 0.227 e. The predicted octanol–water partition coefficient (Wildman–Crippen LogP) is 2.87. The van der Waals surface area contributed by atoms with Gasteiger partial charge in [-0.3, -0.25) is 4.79 Å². The van der Waals surface area contributed by atoms with Crippen molar-refractivity contribution in [1.29, 1.82) is 0 Å². The van der Waals surface area contributed by atoms with E-state index in [1.165, 1.54) is 0 Å². The van der Waals surface area contributed by atoms with Crippen LogP contribution in [0.25, 0.3) is 11.5 Å². The lowest BCUT2D eigenvalue weighted by atomic mass is 9.88. The topological polar surface area (TPSA) is 67.2 Å². The Morgan fingerprint density at radius 1 is 1.45 bits per heavy atom. The Hall–Kier alpha value is -1.85. The van der Waals surface area contributed by atoms with E-state index in [9.17, 15) is 4.79 Å². The van der Waals surface area contributed by atoms with Crippen LogP contribution in [0.3, 0.4) is 0 Å². The molecule has 0 aliphatic carbocycles. The van der Waals surface area contributed by atoms with Crippen molar-refractivity contribution in [2.75, 3.05) is 18.4 Å². The van der Waals surface area contributed by atoms with Crippen LogP contribution in [0.4, 0.5) is 5.69 Å². The summed E-state index contributed by atoms with van der Waals surface area (Å²) in [6.45, 7) is 5.67. The Bertz CT molecular complexity index is 652. The fraction of sp³-hybridized carbons (Fsp3) is 0.375. The van der Waals surface area contributed by atoms with Crippen LogP contribution in [-0.4, -0.2) is 24.0 Å². The van der Waals surface area contributed by atoms with Gasteiger partial charge < -0.3 is 15.1 Å². The molecular formula is C16H20ClN3O2. The lowest BCUT2D eigenvalue weighted by molar-refractivity contribution is -0.121. The number of halogens is 1. The molecule has 1 atom stereocenters. The monoisotopic (exact) mass is 321 g/mol. The number of carbonyl (C=O) groups excluding carboxylic acids is 1. The molecule has 0 bridgehead atoms. The third-order valence-corrected chi connectivity index (χ3v) is 3.93. The third kappa shape index (κ3) is 3.48. The fourth-order valence-electron chi connectivity index (χ4n) is 2.35. The zero-order valence-electron chi connectivity index (χ0n) is 12.6. The molecule has 22 heavy (non-hydrogen) atoms. The van der Waals surface area contributed by atoms with Crippen molar-refractivity contribution >= 4 is 24.0 Å². The first-order valence-corrected chi connectivity index (χ1v) is 7.18. The highest BCUT2D eigenvalue weighted by atomic mass is 35.5. The largest absolute Gasteiger partial charge is 0.441 e. The van der Waals surface area contributed by atoms with E-state index < -0.39 is 0 Å². The van der Waals surface area contributed by atoms with Crippen LogP contribution in [0.15, 0.2) is 34.9 Å². The normalized spacial score (nSPS) is 15.5. The molecule has 6 heteroatoms. The van der Waals surface area contributed by atoms with E-state index >= 15 is 0 Å². The molecule has 5 nitrogen and oxygen atoms in total. The summed E-state index contributed by atoms with van der Waals surface area (Å²) in [5, 5.41) is 6.16. The number of nitrogens with zero attached hydrogens (tertiary/aromatic N) is 1. The Balaban J connectivity index is 0.00000176. The van der Waals surface area contributed by atoms with Gasteiger partial charge in [-0.2, -0.15) is 0 Å². The van der Waals surface area contributed by atoms with Gasteiger partial charge in [0.1, 0.15) is 5.76 Å². The number of aryl methyl sites for hydroxylation is 1. The average molecular weight is 322 g/mol. The predicted molar refractivity (Wildman–Crippen MR) is 88.1 cm³/mol. The Labute approximate surface area is 135 Å². The van der Waals surface area contributed by atoms with Gasteiger partial charge in [-0.05, 0) is 44.1 Å². The van der Waals surface area contributed by atoms with Crippen LogP contribution in [0, 0.1) is 18.8 Å². The quantitative estimate of drug-likeness (QED) is 0.908. The molecule has 1 aromatic carbocycles. The summed E-state index contributed by atoms with van der Waals surface area (Å²) in [5.41, 5.74) is 1.63. The second-order valence-corrected chi connectivity index (χ2v) is 5.55. The molecule has 1 unspecified atom stereocenters. The number of hydrogen-bond donors (Lipinski definition) is 2. The summed E-state index contributed by atoms with van der Waals surface area (Å²) in [5.74, 6) is 1.84. The molecule has 118 valence electrons. The SMILES string of the molecule is Cc1cnc(-c2cccc(NC(=O)C(C)C3CNC3)c2)o1.Cl. The zero-order valence-corrected chi connectivity index (χ0v) is 13.4. The van der Waals surface area contributed by atoms with E-state index in [2.05, 4.69) is 15.6 Å². The first-order chi connectivity index (χ1) is 10.1. The van der Waals surface area contributed by atoms with Gasteiger partial charge in [0.05, 0.1) is 6.20 Å². The number of amides is 1. The van der Waals surface area contributed by atoms with Crippen molar-refractivity contribution in [3.8, 4) is 11.5 Å². The molecule has 1 saturated heterocycles. The highest BCUT2D eigenvalue weighted by Crippen LogP contribution is 2.23. The standard InChI is InChI=1S/C16H19N3O2.ClH/c1-10-7-18-16(21-10)12-4-3-5-14(6-12)19-15(20)11(2)13-8-17-9-13;/h3-7,11,13,17H,8-9H2,1-2H3,(H,19,20);1H. The van der Waals surface area contributed by atoms with Crippen LogP contribution in [0.5, 0.6) is 0 Å². The minimum absolute atomic E-state index is 0. The summed E-state index contributed by atoms with van der Waals surface area (Å²) in [7, 11) is 0. The number of oxazole rings is 1. The van der Waals surface area contributed by atoms with Gasteiger partial charge >= 0.3 is 0 Å². The van der Waals surface area contributed by atoms with Gasteiger partial charge in [0.2, 0.25) is 11.8 Å². The molecule has 2 heterocycles. The van der Waals surface area contributed by atoms with Crippen LogP contribution in [0.2, 0.25) is 0 Å². The van der Waals surface area contributed by atoms with Gasteiger partial charge in [0, 0.05) is 17.2 Å². The van der Waals surface area contributed by atoms with Gasteiger partial charge in [0.15, 0.2) is 0 Å². The number of rotatable bonds is 4. The third-order valence-electron chi connectivity index (χ3n) is 3.93. The van der Waals surface area contributed by atoms with Gasteiger partial charge in [-0.15, -0.1) is 12.4 Å². The van der Waals surface area contributed by atoms with E-state index in [1.807, 2.05) is 38.1 Å². The molecule has 2 N–H and O–H groups in total. The van der Waals surface area contributed by atoms with Crippen LogP contribution in [-0.2, 0) is 4.79 Å². The van der Waals surface area contributed by atoms with E-state index in [-0.39, 0.29) is 24.2 Å². The van der Waals surface area contributed by atoms with E-state index in [0.29, 0.717) is 11.8 Å². The maximum Gasteiger partial charge on any atom is 0.227 e. The van der Waals surface area contributed by atoms with E-state index in [1.54, 1.807) is 6.20 Å². The molecule has 1 aliphatic rings. The minimum atomic E-state index is 0. The number of aromatic nitrogens is 1. The first-order valence-electron chi connectivity index (χ1n) is 7.18. The molecule has 3 rings (SSSR count). The van der Waals surface area contributed by atoms with E-state index in [4.69, 9.17) is 4.42 Å². The van der Waals surface area contributed by atoms with Gasteiger partial charge in [-0.1, -0.05) is 13.0 Å². The highest BCUT2D eigenvalue weighted by Gasteiger charge is 2.28. The first kappa shape index (κ1) is 16.5. The Morgan fingerprint density at radius 3 is 2.82 bits per heavy atom. The van der Waals surface area contributed by atoms with Gasteiger partial charge in [-0.25, -0.2) is 4.98 Å². The maximum atomic E-state index is 12.2. The van der Waals surface area contributed by atoms with Crippen LogP contribution < -0.4 is 10.6 Å². The second kappa shape index (κ2) is 6.94. The number of nitrogens with one attached hydrogen (secondary N) is 2. The lowest BCUT2D eigenvalue weighted by Gasteiger charge is -2.31. The maximum absolute atomic E-state index is 12.2. The number of anilines is 1. The summed E-state index contributed by atoms with van der Waals surface area (Å²) in [6.07, 6.45) is 1.69. The summed E-state index contributed by atoms with van der Waals surface area (Å²) in [4.78, 5) is 16.4. The summed E-state index contributed by atoms with van der Waals surface area (Å²) in [6, 6.07) is 7.57. The van der Waals surface area contributed by atoms with Gasteiger partial charge in [0.25, 0.3) is 0 Å². The number of hydrogen-bond acceptors (Lipinski definition) is 4.